The SMILES string of the molecule is CN1CC(C(=O)N2CCN(Cc3c(F)cccc3Cl)CC2)C2NN(c3ccccc3)C(=O)C2C1. The number of nitrogens with one attached hydrogen (secondary N) is 1. The smallest absolute Gasteiger partial charge is 0.247 e. The van der Waals surface area contributed by atoms with E-state index in [0.717, 1.165) is 5.69 Å². The summed E-state index contributed by atoms with van der Waals surface area (Å²) in [5, 5.41) is 2.03. The second kappa shape index (κ2) is 9.62. The van der Waals surface area contributed by atoms with E-state index in [1.165, 1.54) is 6.07 Å². The van der Waals surface area contributed by atoms with E-state index in [2.05, 4.69) is 15.2 Å². The maximum Gasteiger partial charge on any atom is 0.247 e. The summed E-state index contributed by atoms with van der Waals surface area (Å²) in [5.74, 6) is -0.805. The molecule has 2 amide bonds. The summed E-state index contributed by atoms with van der Waals surface area (Å²) in [6.45, 7) is 4.09. The minimum Gasteiger partial charge on any atom is -0.340 e. The van der Waals surface area contributed by atoms with Crippen LogP contribution in [0.2, 0.25) is 5.02 Å². The highest BCUT2D eigenvalue weighted by molar-refractivity contribution is 6.31. The molecule has 3 saturated heterocycles. The van der Waals surface area contributed by atoms with Gasteiger partial charge in [-0.15, -0.1) is 0 Å². The first-order valence-electron chi connectivity index (χ1n) is 11.7. The van der Waals surface area contributed by atoms with Gasteiger partial charge >= 0.3 is 0 Å². The molecule has 0 radical (unpaired) electrons. The zero-order valence-electron chi connectivity index (χ0n) is 19.2. The van der Waals surface area contributed by atoms with Crippen molar-refractivity contribution >= 4 is 29.1 Å². The van der Waals surface area contributed by atoms with Crippen molar-refractivity contribution in [3.63, 3.8) is 0 Å². The largest absolute Gasteiger partial charge is 0.340 e. The third-order valence-electron chi connectivity index (χ3n) is 7.16. The number of para-hydroxylation sites is 1. The van der Waals surface area contributed by atoms with Crippen LogP contribution in [0.1, 0.15) is 5.56 Å². The van der Waals surface area contributed by atoms with Crippen molar-refractivity contribution in [2.45, 2.75) is 12.6 Å². The van der Waals surface area contributed by atoms with Gasteiger partial charge in [-0.25, -0.2) is 14.8 Å². The fraction of sp³-hybridized carbons (Fsp3) is 0.440. The third-order valence-corrected chi connectivity index (χ3v) is 7.51. The van der Waals surface area contributed by atoms with Crippen molar-refractivity contribution in [3.05, 3.63) is 64.9 Å². The van der Waals surface area contributed by atoms with Gasteiger partial charge in [-0.3, -0.25) is 14.5 Å². The predicted octanol–water partition coefficient (Wildman–Crippen LogP) is 2.22. The summed E-state index contributed by atoms with van der Waals surface area (Å²) in [6, 6.07) is 14.0. The Bertz CT molecular complexity index is 1040. The number of halogens is 2. The number of fused-ring (bicyclic) bond motifs is 1. The van der Waals surface area contributed by atoms with Crippen LogP contribution in [-0.4, -0.2) is 78.9 Å². The van der Waals surface area contributed by atoms with Gasteiger partial charge in [0.2, 0.25) is 11.8 Å². The Labute approximate surface area is 204 Å². The average molecular weight is 486 g/mol. The molecule has 2 aromatic carbocycles. The van der Waals surface area contributed by atoms with Crippen molar-refractivity contribution in [2.24, 2.45) is 11.8 Å². The zero-order chi connectivity index (χ0) is 23.8. The molecule has 2 aromatic rings. The molecule has 34 heavy (non-hydrogen) atoms. The molecule has 0 aromatic heterocycles. The number of hydrazine groups is 1. The number of piperidine rings is 1. The van der Waals surface area contributed by atoms with Gasteiger partial charge in [-0.2, -0.15) is 0 Å². The van der Waals surface area contributed by atoms with Gasteiger partial charge in [0.1, 0.15) is 5.82 Å². The van der Waals surface area contributed by atoms with E-state index >= 15 is 0 Å². The maximum absolute atomic E-state index is 14.2. The van der Waals surface area contributed by atoms with E-state index in [1.807, 2.05) is 42.3 Å². The van der Waals surface area contributed by atoms with Gasteiger partial charge < -0.3 is 9.80 Å². The van der Waals surface area contributed by atoms with Crippen LogP contribution < -0.4 is 10.4 Å². The first-order valence-corrected chi connectivity index (χ1v) is 12.1. The topological polar surface area (TPSA) is 59.1 Å². The van der Waals surface area contributed by atoms with Crippen LogP contribution in [0.5, 0.6) is 0 Å². The lowest BCUT2D eigenvalue weighted by molar-refractivity contribution is -0.141. The van der Waals surface area contributed by atoms with E-state index in [-0.39, 0.29) is 35.5 Å². The molecule has 0 spiro atoms. The van der Waals surface area contributed by atoms with Gasteiger partial charge in [0.15, 0.2) is 0 Å². The van der Waals surface area contributed by atoms with Crippen LogP contribution in [0.15, 0.2) is 48.5 Å². The number of carbonyl (C=O) groups is 2. The normalized spacial score (nSPS) is 26.1. The van der Waals surface area contributed by atoms with E-state index in [4.69, 9.17) is 11.6 Å². The van der Waals surface area contributed by atoms with Crippen molar-refractivity contribution in [1.82, 2.24) is 20.1 Å². The first kappa shape index (κ1) is 23.2. The minimum absolute atomic E-state index is 0.00661. The number of hydrogen-bond donors (Lipinski definition) is 1. The van der Waals surface area contributed by atoms with Crippen LogP contribution in [0, 0.1) is 17.7 Å². The van der Waals surface area contributed by atoms with E-state index in [1.54, 1.807) is 17.1 Å². The van der Waals surface area contributed by atoms with Gasteiger partial charge in [0.05, 0.1) is 23.6 Å². The van der Waals surface area contributed by atoms with E-state index in [0.29, 0.717) is 56.4 Å². The molecule has 3 aliphatic rings. The molecule has 5 rings (SSSR count). The van der Waals surface area contributed by atoms with Gasteiger partial charge in [-0.05, 0) is 31.3 Å². The second-order valence-electron chi connectivity index (χ2n) is 9.40. The highest BCUT2D eigenvalue weighted by Crippen LogP contribution is 2.32. The number of amides is 2. The van der Waals surface area contributed by atoms with Crippen LogP contribution in [0.25, 0.3) is 0 Å². The molecule has 0 aliphatic carbocycles. The average Bonchev–Trinajstić information content (AvgIpc) is 3.18. The van der Waals surface area contributed by atoms with E-state index in [9.17, 15) is 14.0 Å². The fourth-order valence-electron chi connectivity index (χ4n) is 5.32. The lowest BCUT2D eigenvalue weighted by atomic mass is 9.84. The molecule has 0 bridgehead atoms. The van der Waals surface area contributed by atoms with Crippen LogP contribution in [0.3, 0.4) is 0 Å². The number of anilines is 1. The molecule has 0 saturated carbocycles. The summed E-state index contributed by atoms with van der Waals surface area (Å²) in [4.78, 5) is 32.8. The van der Waals surface area contributed by atoms with Crippen molar-refractivity contribution < 1.29 is 14.0 Å². The Kier molecular flexibility index (Phi) is 6.57. The lowest BCUT2D eigenvalue weighted by Crippen LogP contribution is -2.59. The monoisotopic (exact) mass is 485 g/mol. The Balaban J connectivity index is 1.25. The van der Waals surface area contributed by atoms with Crippen LogP contribution in [-0.2, 0) is 16.1 Å². The Morgan fingerprint density at radius 2 is 1.79 bits per heavy atom. The summed E-state index contributed by atoms with van der Waals surface area (Å²) < 4.78 is 14.2. The highest BCUT2D eigenvalue weighted by Gasteiger charge is 2.51. The summed E-state index contributed by atoms with van der Waals surface area (Å²) in [5.41, 5.74) is 4.63. The number of nitrogens with zero attached hydrogens (tertiary/aromatic N) is 4. The summed E-state index contributed by atoms with van der Waals surface area (Å²) in [6.07, 6.45) is 0. The molecule has 180 valence electrons. The number of benzene rings is 2. The van der Waals surface area contributed by atoms with Gasteiger partial charge in [0, 0.05) is 56.4 Å². The van der Waals surface area contributed by atoms with Crippen molar-refractivity contribution in [2.75, 3.05) is 51.3 Å². The number of rotatable bonds is 4. The first-order chi connectivity index (χ1) is 16.4. The summed E-state index contributed by atoms with van der Waals surface area (Å²) >= 11 is 6.19. The molecular weight excluding hydrogens is 457 g/mol. The molecule has 3 unspecified atom stereocenters. The Hall–Kier alpha value is -2.52. The van der Waals surface area contributed by atoms with Crippen LogP contribution in [0.4, 0.5) is 10.1 Å². The lowest BCUT2D eigenvalue weighted by Gasteiger charge is -2.41. The number of likely N-dealkylation sites (tertiary alicyclic amines) is 1. The molecule has 3 aliphatic heterocycles. The van der Waals surface area contributed by atoms with Gasteiger partial charge in [-0.1, -0.05) is 35.9 Å². The molecule has 3 fully saturated rings. The molecule has 3 heterocycles. The highest BCUT2D eigenvalue weighted by atomic mass is 35.5. The van der Waals surface area contributed by atoms with E-state index < -0.39 is 0 Å². The standard InChI is InChI=1S/C25H29ClFN5O2/c1-29-14-19(23-20(15-29)25(34)32(28-23)17-6-3-2-4-7-17)24(33)31-12-10-30(11-13-31)16-18-21(26)8-5-9-22(18)27/h2-9,19-20,23,28H,10-16H2,1H3. The third kappa shape index (κ3) is 4.43. The molecule has 7 nitrogen and oxygen atoms in total. The second-order valence-corrected chi connectivity index (χ2v) is 9.81. The maximum atomic E-state index is 14.2. The number of carbonyl (C=O) groups excluding carboxylic acids is 2. The quantitative estimate of drug-likeness (QED) is 0.719. The van der Waals surface area contributed by atoms with Crippen molar-refractivity contribution in [3.8, 4) is 0 Å². The number of hydrogen-bond acceptors (Lipinski definition) is 5. The molecule has 1 N–H and O–H groups in total. The van der Waals surface area contributed by atoms with Crippen molar-refractivity contribution in [1.29, 1.82) is 0 Å². The molecule has 3 atom stereocenters. The summed E-state index contributed by atoms with van der Waals surface area (Å²) in [7, 11) is 1.96. The zero-order valence-corrected chi connectivity index (χ0v) is 19.9. The molecule has 9 heteroatoms. The van der Waals surface area contributed by atoms with Gasteiger partial charge in [0.25, 0.3) is 0 Å². The number of piperazine rings is 1. The van der Waals surface area contributed by atoms with Crippen LogP contribution >= 0.6 is 11.6 Å². The predicted molar refractivity (Wildman–Crippen MR) is 129 cm³/mol. The fourth-order valence-corrected chi connectivity index (χ4v) is 5.54. The Morgan fingerprint density at radius 3 is 2.50 bits per heavy atom. The Morgan fingerprint density at radius 1 is 1.06 bits per heavy atom. The minimum atomic E-state index is -0.311. The molecular formula is C25H29ClFN5O2.